The number of alkyl halides is 4. The smallest absolute Gasteiger partial charge is 0.330 e. The summed E-state index contributed by atoms with van der Waals surface area (Å²) in [6.07, 6.45) is -2.46. The fraction of sp³-hybridized carbons (Fsp3) is 0.818. The zero-order chi connectivity index (χ0) is 13.3. The van der Waals surface area contributed by atoms with Gasteiger partial charge in [-0.1, -0.05) is 0 Å². The summed E-state index contributed by atoms with van der Waals surface area (Å²) >= 11 is 0. The summed E-state index contributed by atoms with van der Waals surface area (Å²) in [4.78, 5) is 0. The molecule has 2 nitrogen and oxygen atoms in total. The van der Waals surface area contributed by atoms with Crippen molar-refractivity contribution in [1.29, 1.82) is 0 Å². The Morgan fingerprint density at radius 1 is 1.35 bits per heavy atom. The predicted molar refractivity (Wildman–Crippen MR) is 57.3 cm³/mol. The fourth-order valence-electron chi connectivity index (χ4n) is 1.08. The summed E-state index contributed by atoms with van der Waals surface area (Å²) in [7, 11) is 1.65. The summed E-state index contributed by atoms with van der Waals surface area (Å²) in [5.41, 5.74) is 0. The number of nitrogens with one attached hydrogen (secondary N) is 1. The molecule has 0 rings (SSSR count). The van der Waals surface area contributed by atoms with Gasteiger partial charge in [0.2, 0.25) is 0 Å². The summed E-state index contributed by atoms with van der Waals surface area (Å²) in [6, 6.07) is -0.163. The Hall–Kier alpha value is -0.800. The SMILES string of the molecule is CC#CCCC(COCC(F)(F)C(F)F)NC. The first kappa shape index (κ1) is 16.2. The van der Waals surface area contributed by atoms with Gasteiger partial charge in [-0.2, -0.15) is 8.78 Å². The van der Waals surface area contributed by atoms with Gasteiger partial charge >= 0.3 is 12.3 Å². The van der Waals surface area contributed by atoms with Gasteiger partial charge < -0.3 is 10.1 Å². The summed E-state index contributed by atoms with van der Waals surface area (Å²) in [5, 5.41) is 2.85. The Bertz CT molecular complexity index is 260. The van der Waals surface area contributed by atoms with Crippen LogP contribution in [0.15, 0.2) is 0 Å². The summed E-state index contributed by atoms with van der Waals surface area (Å²) in [5.74, 6) is 1.45. The average Bonchev–Trinajstić information content (AvgIpc) is 2.26. The minimum atomic E-state index is -4.08. The third-order valence-corrected chi connectivity index (χ3v) is 2.14. The molecule has 0 fully saturated rings. The highest BCUT2D eigenvalue weighted by Gasteiger charge is 2.41. The molecule has 0 aromatic carbocycles. The van der Waals surface area contributed by atoms with Crippen molar-refractivity contribution in [2.45, 2.75) is 38.2 Å². The van der Waals surface area contributed by atoms with E-state index in [9.17, 15) is 17.6 Å². The third kappa shape index (κ3) is 7.18. The maximum atomic E-state index is 12.5. The lowest BCUT2D eigenvalue weighted by Gasteiger charge is -2.19. The fourth-order valence-corrected chi connectivity index (χ4v) is 1.08. The molecule has 0 aromatic heterocycles. The maximum absolute atomic E-state index is 12.5. The van der Waals surface area contributed by atoms with E-state index >= 15 is 0 Å². The van der Waals surface area contributed by atoms with Crippen molar-refractivity contribution in [2.24, 2.45) is 0 Å². The third-order valence-electron chi connectivity index (χ3n) is 2.14. The van der Waals surface area contributed by atoms with Gasteiger partial charge in [0.25, 0.3) is 0 Å². The van der Waals surface area contributed by atoms with Crippen molar-refractivity contribution in [2.75, 3.05) is 20.3 Å². The molecule has 0 bridgehead atoms. The van der Waals surface area contributed by atoms with Crippen LogP contribution in [0.5, 0.6) is 0 Å². The number of ether oxygens (including phenoxy) is 1. The van der Waals surface area contributed by atoms with Crippen molar-refractivity contribution < 1.29 is 22.3 Å². The highest BCUT2D eigenvalue weighted by molar-refractivity contribution is 4.95. The minimum absolute atomic E-state index is 0.0375. The summed E-state index contributed by atoms with van der Waals surface area (Å²) in [6.45, 7) is 0.403. The maximum Gasteiger partial charge on any atom is 0.330 e. The van der Waals surface area contributed by atoms with E-state index in [4.69, 9.17) is 0 Å². The molecule has 0 saturated heterocycles. The number of likely N-dealkylation sites (N-methyl/N-ethyl adjacent to an activating group) is 1. The molecule has 0 amide bonds. The minimum Gasteiger partial charge on any atom is -0.373 e. The Morgan fingerprint density at radius 2 is 2.00 bits per heavy atom. The topological polar surface area (TPSA) is 21.3 Å². The van der Waals surface area contributed by atoms with Crippen molar-refractivity contribution in [3.63, 3.8) is 0 Å². The monoisotopic (exact) mass is 255 g/mol. The molecule has 1 N–H and O–H groups in total. The van der Waals surface area contributed by atoms with Crippen LogP contribution in [0.3, 0.4) is 0 Å². The van der Waals surface area contributed by atoms with Gasteiger partial charge in [-0.3, -0.25) is 0 Å². The molecule has 1 atom stereocenters. The van der Waals surface area contributed by atoms with Crippen LogP contribution in [0.2, 0.25) is 0 Å². The molecular weight excluding hydrogens is 238 g/mol. The molecule has 0 saturated carbocycles. The molecule has 0 heterocycles. The van der Waals surface area contributed by atoms with Gasteiger partial charge in [0.1, 0.15) is 6.61 Å². The van der Waals surface area contributed by atoms with Crippen LogP contribution in [0, 0.1) is 11.8 Å². The van der Waals surface area contributed by atoms with Crippen LogP contribution in [0.25, 0.3) is 0 Å². The van der Waals surface area contributed by atoms with Crippen LogP contribution in [0.1, 0.15) is 19.8 Å². The molecule has 0 radical (unpaired) electrons. The molecular formula is C11H17F4NO. The lowest BCUT2D eigenvalue weighted by molar-refractivity contribution is -0.167. The molecule has 0 aliphatic carbocycles. The Kier molecular flexibility index (Phi) is 7.92. The Balaban J connectivity index is 3.86. The van der Waals surface area contributed by atoms with E-state index in [1.54, 1.807) is 14.0 Å². The zero-order valence-electron chi connectivity index (χ0n) is 9.90. The molecule has 6 heteroatoms. The number of rotatable bonds is 8. The van der Waals surface area contributed by atoms with Crippen molar-refractivity contribution in [3.8, 4) is 11.8 Å². The lowest BCUT2D eigenvalue weighted by Crippen LogP contribution is -2.36. The normalized spacial score (nSPS) is 13.4. The van der Waals surface area contributed by atoms with E-state index < -0.39 is 19.0 Å². The van der Waals surface area contributed by atoms with Gasteiger partial charge in [0, 0.05) is 12.5 Å². The van der Waals surface area contributed by atoms with Crippen molar-refractivity contribution in [1.82, 2.24) is 5.32 Å². The number of halogens is 4. The number of hydrogen-bond donors (Lipinski definition) is 1. The lowest BCUT2D eigenvalue weighted by atomic mass is 10.2. The molecule has 100 valence electrons. The largest absolute Gasteiger partial charge is 0.373 e. The highest BCUT2D eigenvalue weighted by Crippen LogP contribution is 2.22. The second-order valence-electron chi connectivity index (χ2n) is 3.53. The highest BCUT2D eigenvalue weighted by atomic mass is 19.3. The van der Waals surface area contributed by atoms with Crippen molar-refractivity contribution in [3.05, 3.63) is 0 Å². The van der Waals surface area contributed by atoms with Gasteiger partial charge in [-0.25, -0.2) is 8.78 Å². The molecule has 0 aromatic rings. The first-order valence-electron chi connectivity index (χ1n) is 5.24. The molecule has 17 heavy (non-hydrogen) atoms. The van der Waals surface area contributed by atoms with Gasteiger partial charge in [0.05, 0.1) is 6.61 Å². The molecule has 0 aliphatic rings. The van der Waals surface area contributed by atoms with E-state index in [-0.39, 0.29) is 12.6 Å². The zero-order valence-corrected chi connectivity index (χ0v) is 9.90. The quantitative estimate of drug-likeness (QED) is 0.531. The standard InChI is InChI=1S/C11H17F4NO/c1-3-4-5-6-9(16-2)7-17-8-11(14,15)10(12)13/h9-10,16H,5-8H2,1-2H3. The van der Waals surface area contributed by atoms with Crippen LogP contribution < -0.4 is 5.32 Å². The van der Waals surface area contributed by atoms with E-state index in [0.29, 0.717) is 12.8 Å². The molecule has 0 spiro atoms. The molecule has 1 unspecified atom stereocenters. The van der Waals surface area contributed by atoms with Crippen molar-refractivity contribution >= 4 is 0 Å². The van der Waals surface area contributed by atoms with Gasteiger partial charge in [-0.05, 0) is 20.4 Å². The first-order chi connectivity index (χ1) is 7.94. The molecule has 0 aliphatic heterocycles. The number of hydrogen-bond acceptors (Lipinski definition) is 2. The van der Waals surface area contributed by atoms with E-state index in [1.165, 1.54) is 0 Å². The second-order valence-corrected chi connectivity index (χ2v) is 3.53. The van der Waals surface area contributed by atoms with Gasteiger partial charge in [0.15, 0.2) is 0 Å². The van der Waals surface area contributed by atoms with Crippen LogP contribution in [-0.2, 0) is 4.74 Å². The van der Waals surface area contributed by atoms with E-state index in [2.05, 4.69) is 21.9 Å². The summed E-state index contributed by atoms with van der Waals surface area (Å²) < 4.78 is 53.2. The van der Waals surface area contributed by atoms with Crippen LogP contribution >= 0.6 is 0 Å². The van der Waals surface area contributed by atoms with E-state index in [0.717, 1.165) is 0 Å². The second kappa shape index (κ2) is 8.31. The Labute approximate surface area is 98.7 Å². The predicted octanol–water partition coefficient (Wildman–Crippen LogP) is 2.29. The van der Waals surface area contributed by atoms with Crippen LogP contribution in [0.4, 0.5) is 17.6 Å². The van der Waals surface area contributed by atoms with Crippen LogP contribution in [-0.4, -0.2) is 38.7 Å². The first-order valence-corrected chi connectivity index (χ1v) is 5.24. The average molecular weight is 255 g/mol. The van der Waals surface area contributed by atoms with E-state index in [1.807, 2.05) is 0 Å². The van der Waals surface area contributed by atoms with Gasteiger partial charge in [-0.15, -0.1) is 11.8 Å². The Morgan fingerprint density at radius 3 is 2.47 bits per heavy atom.